The van der Waals surface area contributed by atoms with Crippen LogP contribution in [0.2, 0.25) is 0 Å². The van der Waals surface area contributed by atoms with E-state index in [1.165, 1.54) is 4.88 Å². The van der Waals surface area contributed by atoms with Crippen molar-refractivity contribution in [2.75, 3.05) is 6.54 Å². The van der Waals surface area contributed by atoms with Gasteiger partial charge < -0.3 is 14.9 Å². The van der Waals surface area contributed by atoms with Crippen molar-refractivity contribution >= 4 is 32.5 Å². The molecule has 3 rings (SSSR count). The molecule has 1 atom stereocenters. The van der Waals surface area contributed by atoms with Gasteiger partial charge in [0.2, 0.25) is 0 Å². The zero-order chi connectivity index (χ0) is 14.0. The van der Waals surface area contributed by atoms with Crippen molar-refractivity contribution in [1.29, 1.82) is 0 Å². The molecule has 0 fully saturated rings. The Bertz CT molecular complexity index is 695. The number of ether oxygens (including phenoxy) is 1. The van der Waals surface area contributed by atoms with Gasteiger partial charge in [-0.15, -0.1) is 11.3 Å². The molecule has 0 aliphatic heterocycles. The summed E-state index contributed by atoms with van der Waals surface area (Å²) in [5, 5.41) is 2.85. The monoisotopic (exact) mass is 303 g/mol. The lowest BCUT2D eigenvalue weighted by Crippen LogP contribution is -2.35. The lowest BCUT2D eigenvalue weighted by atomic mass is 10.2. The van der Waals surface area contributed by atoms with Crippen LogP contribution in [-0.2, 0) is 5.22 Å². The molecule has 104 valence electrons. The highest BCUT2D eigenvalue weighted by molar-refractivity contribution is 7.10. The van der Waals surface area contributed by atoms with Gasteiger partial charge in [-0.1, -0.05) is 18.2 Å². The Hall–Kier alpha value is -1.56. The van der Waals surface area contributed by atoms with Crippen molar-refractivity contribution in [1.82, 2.24) is 0 Å². The average molecular weight is 303 g/mol. The molecule has 1 aromatic carbocycles. The Morgan fingerprint density at radius 3 is 2.90 bits per heavy atom. The maximum Gasteiger partial charge on any atom is 0.175 e. The van der Waals surface area contributed by atoms with Crippen LogP contribution in [0.4, 0.5) is 0 Å². The van der Waals surface area contributed by atoms with Crippen molar-refractivity contribution in [3.63, 3.8) is 0 Å². The quantitative estimate of drug-likeness (QED) is 0.737. The first-order valence-electron chi connectivity index (χ1n) is 6.62. The maximum atomic E-state index is 6.36. The molecule has 20 heavy (non-hydrogen) atoms. The van der Waals surface area contributed by atoms with Gasteiger partial charge in [0.25, 0.3) is 0 Å². The summed E-state index contributed by atoms with van der Waals surface area (Å²) in [5.41, 5.74) is 6.60. The van der Waals surface area contributed by atoms with Gasteiger partial charge in [-0.25, -0.2) is 0 Å². The lowest BCUT2D eigenvalue weighted by Gasteiger charge is -2.29. The molecular weight excluding hydrogens is 286 g/mol. The van der Waals surface area contributed by atoms with Gasteiger partial charge in [-0.3, -0.25) is 0 Å². The molecule has 0 amide bonds. The predicted molar refractivity (Wildman–Crippen MR) is 86.4 cm³/mol. The van der Waals surface area contributed by atoms with E-state index in [1.54, 1.807) is 17.6 Å². The molecule has 0 unspecified atom stereocenters. The largest absolute Gasteiger partial charge is 0.483 e. The number of benzene rings is 1. The molecule has 2 heterocycles. The van der Waals surface area contributed by atoms with Crippen molar-refractivity contribution in [3.05, 3.63) is 52.9 Å². The van der Waals surface area contributed by atoms with Crippen molar-refractivity contribution in [2.24, 2.45) is 5.73 Å². The molecule has 3 aromatic rings. The first kappa shape index (κ1) is 13.4. The SMILES string of the molecule is NCC[C@@]([SiH3])(Oc1cccc2ccoc12)c1cccs1. The van der Waals surface area contributed by atoms with E-state index in [9.17, 15) is 0 Å². The van der Waals surface area contributed by atoms with E-state index in [0.29, 0.717) is 6.54 Å². The van der Waals surface area contributed by atoms with Crippen LogP contribution in [0, 0.1) is 0 Å². The number of rotatable bonds is 5. The summed E-state index contributed by atoms with van der Waals surface area (Å²) in [7, 11) is 0.867. The summed E-state index contributed by atoms with van der Waals surface area (Å²) < 4.78 is 11.9. The number of fused-ring (bicyclic) bond motifs is 1. The number of nitrogens with two attached hydrogens (primary N) is 1. The third-order valence-corrected chi connectivity index (χ3v) is 6.16. The van der Waals surface area contributed by atoms with E-state index < -0.39 is 0 Å². The normalized spacial score (nSPS) is 14.4. The number of hydrogen-bond acceptors (Lipinski definition) is 4. The highest BCUT2D eigenvalue weighted by Gasteiger charge is 2.30. The van der Waals surface area contributed by atoms with E-state index >= 15 is 0 Å². The van der Waals surface area contributed by atoms with Crippen LogP contribution in [0.25, 0.3) is 11.0 Å². The standard InChI is InChI=1S/C15H17NO2SSi/c16-8-7-15(20,13-5-2-10-19-13)18-12-4-1-3-11-6-9-17-14(11)12/h1-6,9-10H,7-8,16H2,20H3/t15-/m0/s1. The Morgan fingerprint density at radius 1 is 1.25 bits per heavy atom. The number of thiophene rings is 1. The molecule has 0 spiro atoms. The molecule has 0 aliphatic carbocycles. The Morgan fingerprint density at radius 2 is 2.15 bits per heavy atom. The summed E-state index contributed by atoms with van der Waals surface area (Å²) in [5.74, 6) is 0.796. The smallest absolute Gasteiger partial charge is 0.175 e. The molecule has 5 heteroatoms. The fourth-order valence-corrected chi connectivity index (χ4v) is 4.25. The molecule has 0 radical (unpaired) electrons. The summed E-state index contributed by atoms with van der Waals surface area (Å²) in [6, 6.07) is 12.1. The van der Waals surface area contributed by atoms with Gasteiger partial charge in [0.1, 0.15) is 5.22 Å². The topological polar surface area (TPSA) is 48.4 Å². The zero-order valence-corrected chi connectivity index (χ0v) is 14.2. The molecule has 0 aliphatic rings. The number of furan rings is 1. The van der Waals surface area contributed by atoms with Crippen molar-refractivity contribution in [3.8, 4) is 5.75 Å². The number of hydrogen-bond donors (Lipinski definition) is 1. The molecule has 3 nitrogen and oxygen atoms in total. The third kappa shape index (κ3) is 2.40. The minimum absolute atomic E-state index is 0.288. The van der Waals surface area contributed by atoms with Crippen LogP contribution >= 0.6 is 11.3 Å². The van der Waals surface area contributed by atoms with Crippen LogP contribution in [0.3, 0.4) is 0 Å². The minimum Gasteiger partial charge on any atom is -0.483 e. The van der Waals surface area contributed by atoms with Crippen LogP contribution in [-0.4, -0.2) is 16.8 Å². The van der Waals surface area contributed by atoms with E-state index in [1.807, 2.05) is 24.3 Å². The highest BCUT2D eigenvalue weighted by Crippen LogP contribution is 2.35. The molecule has 0 saturated heterocycles. The second kappa shape index (κ2) is 5.44. The van der Waals surface area contributed by atoms with E-state index in [4.69, 9.17) is 14.9 Å². The molecule has 2 N–H and O–H groups in total. The second-order valence-corrected chi connectivity index (χ2v) is 7.51. The predicted octanol–water partition coefficient (Wildman–Crippen LogP) is 2.44. The lowest BCUT2D eigenvalue weighted by molar-refractivity contribution is 0.153. The van der Waals surface area contributed by atoms with Gasteiger partial charge in [0.05, 0.1) is 16.5 Å². The Balaban J connectivity index is 2.00. The van der Waals surface area contributed by atoms with Crippen LogP contribution in [0.5, 0.6) is 5.75 Å². The minimum atomic E-state index is -0.288. The van der Waals surface area contributed by atoms with Gasteiger partial charge in [-0.2, -0.15) is 0 Å². The zero-order valence-electron chi connectivity index (χ0n) is 11.3. The van der Waals surface area contributed by atoms with Gasteiger partial charge >= 0.3 is 0 Å². The van der Waals surface area contributed by atoms with Crippen LogP contribution < -0.4 is 10.5 Å². The van der Waals surface area contributed by atoms with Crippen molar-refractivity contribution in [2.45, 2.75) is 11.6 Å². The Kier molecular flexibility index (Phi) is 3.65. The van der Waals surface area contributed by atoms with Gasteiger partial charge in [0, 0.05) is 10.3 Å². The van der Waals surface area contributed by atoms with E-state index in [0.717, 1.165) is 33.4 Å². The average Bonchev–Trinajstić information content (AvgIpc) is 3.11. The van der Waals surface area contributed by atoms with Gasteiger partial charge in [0.15, 0.2) is 11.3 Å². The van der Waals surface area contributed by atoms with Gasteiger partial charge in [-0.05, 0) is 36.5 Å². The summed E-state index contributed by atoms with van der Waals surface area (Å²) in [6.07, 6.45) is 2.51. The third-order valence-electron chi connectivity index (χ3n) is 3.44. The second-order valence-electron chi connectivity index (χ2n) is 4.94. The summed E-state index contributed by atoms with van der Waals surface area (Å²) in [4.78, 5) is 1.23. The Labute approximate surface area is 124 Å². The first-order chi connectivity index (χ1) is 9.73. The number of para-hydroxylation sites is 1. The molecule has 2 aromatic heterocycles. The summed E-state index contributed by atoms with van der Waals surface area (Å²) >= 11 is 1.72. The van der Waals surface area contributed by atoms with Crippen LogP contribution in [0.1, 0.15) is 11.3 Å². The van der Waals surface area contributed by atoms with E-state index in [2.05, 4.69) is 17.5 Å². The van der Waals surface area contributed by atoms with Crippen molar-refractivity contribution < 1.29 is 9.15 Å². The van der Waals surface area contributed by atoms with Crippen LogP contribution in [0.15, 0.2) is 52.5 Å². The fourth-order valence-electron chi connectivity index (χ4n) is 2.37. The molecule has 0 bridgehead atoms. The first-order valence-corrected chi connectivity index (χ1v) is 8.50. The molecular formula is C15H17NO2SSi. The van der Waals surface area contributed by atoms with E-state index in [-0.39, 0.29) is 5.22 Å². The summed E-state index contributed by atoms with van der Waals surface area (Å²) in [6.45, 7) is 0.607. The highest BCUT2D eigenvalue weighted by atomic mass is 32.1. The maximum absolute atomic E-state index is 6.36. The molecule has 0 saturated carbocycles. The fraction of sp³-hybridized carbons (Fsp3) is 0.200.